The average molecular weight is 435 g/mol. The number of carbonyl (C=O) groups excluding carboxylic acids is 3. The molecule has 1 aliphatic heterocycles. The van der Waals surface area contributed by atoms with Gasteiger partial charge in [0.1, 0.15) is 6.61 Å². The summed E-state index contributed by atoms with van der Waals surface area (Å²) in [6.07, 6.45) is 10.9. The monoisotopic (exact) mass is 434 g/mol. The van der Waals surface area contributed by atoms with Gasteiger partial charge in [0.2, 0.25) is 11.8 Å². The molecule has 2 fully saturated rings. The highest BCUT2D eigenvalue weighted by Crippen LogP contribution is 2.30. The number of unbranched alkanes of at least 4 members (excludes halogenated alkanes) is 1. The van der Waals surface area contributed by atoms with Gasteiger partial charge in [0.15, 0.2) is 0 Å². The minimum atomic E-state index is -0.547. The number of carbonyl (C=O) groups is 3. The molecular weight excluding hydrogens is 396 g/mol. The van der Waals surface area contributed by atoms with Gasteiger partial charge in [-0.3, -0.25) is 14.4 Å². The number of aliphatic hydroxyl groups is 1. The fraction of sp³-hybridized carbons (Fsp3) is 0.708. The van der Waals surface area contributed by atoms with Crippen LogP contribution in [-0.2, 0) is 19.1 Å². The van der Waals surface area contributed by atoms with Gasteiger partial charge in [-0.1, -0.05) is 25.0 Å². The molecule has 1 saturated carbocycles. The highest BCUT2D eigenvalue weighted by molar-refractivity contribution is 5.86. The number of likely N-dealkylation sites (tertiary alicyclic amines) is 1. The lowest BCUT2D eigenvalue weighted by Gasteiger charge is -2.31. The number of allylic oxidation sites excluding steroid dienone is 2. The molecule has 1 aliphatic carbocycles. The summed E-state index contributed by atoms with van der Waals surface area (Å²) in [4.78, 5) is 39.6. The topological polar surface area (TPSA) is 95.9 Å². The molecule has 0 aromatic carbocycles. The molecule has 2 atom stereocenters. The number of nitrogens with one attached hydrogen (secondary N) is 1. The first-order valence-electron chi connectivity index (χ1n) is 11.5. The molecule has 2 N–H and O–H groups in total. The van der Waals surface area contributed by atoms with Gasteiger partial charge in [0.05, 0.1) is 24.1 Å². The number of esters is 1. The highest BCUT2D eigenvalue weighted by Gasteiger charge is 2.37. The SMILES string of the molecule is C=CCCCC(=O)OCC1CCCN1C(=O)C(CC=C)CC(=O)NC1(CO)CCCC1. The Hall–Kier alpha value is -2.15. The number of aliphatic hydroxyl groups excluding tert-OH is 1. The number of amides is 2. The minimum absolute atomic E-state index is 0.0666. The molecule has 1 heterocycles. The molecule has 2 amide bonds. The van der Waals surface area contributed by atoms with Gasteiger partial charge in [-0.25, -0.2) is 0 Å². The van der Waals surface area contributed by atoms with Crippen molar-refractivity contribution in [2.75, 3.05) is 19.8 Å². The maximum absolute atomic E-state index is 13.2. The van der Waals surface area contributed by atoms with E-state index in [1.807, 2.05) is 0 Å². The largest absolute Gasteiger partial charge is 0.463 e. The third kappa shape index (κ3) is 7.49. The molecule has 0 bridgehead atoms. The fourth-order valence-electron chi connectivity index (χ4n) is 4.60. The zero-order valence-electron chi connectivity index (χ0n) is 18.7. The zero-order valence-corrected chi connectivity index (χ0v) is 18.7. The van der Waals surface area contributed by atoms with Crippen molar-refractivity contribution in [3.63, 3.8) is 0 Å². The number of nitrogens with zero attached hydrogens (tertiary/aromatic N) is 1. The molecule has 2 unspecified atom stereocenters. The van der Waals surface area contributed by atoms with Crippen LogP contribution in [0.1, 0.15) is 70.6 Å². The molecule has 2 rings (SSSR count). The second-order valence-electron chi connectivity index (χ2n) is 8.81. The Balaban J connectivity index is 1.91. The van der Waals surface area contributed by atoms with Crippen molar-refractivity contribution in [1.82, 2.24) is 10.2 Å². The van der Waals surface area contributed by atoms with Crippen molar-refractivity contribution < 1.29 is 24.2 Å². The lowest BCUT2D eigenvalue weighted by molar-refractivity contribution is -0.148. The summed E-state index contributed by atoms with van der Waals surface area (Å²) in [7, 11) is 0. The normalized spacial score (nSPS) is 20.8. The predicted octanol–water partition coefficient (Wildman–Crippen LogP) is 2.88. The molecule has 174 valence electrons. The average Bonchev–Trinajstić information content (AvgIpc) is 3.41. The summed E-state index contributed by atoms with van der Waals surface area (Å²) in [6.45, 7) is 8.11. The van der Waals surface area contributed by atoms with Crippen LogP contribution >= 0.6 is 0 Å². The summed E-state index contributed by atoms with van der Waals surface area (Å²) >= 11 is 0. The number of hydrogen-bond acceptors (Lipinski definition) is 5. The summed E-state index contributed by atoms with van der Waals surface area (Å²) in [5.74, 6) is -1.06. The van der Waals surface area contributed by atoms with Gasteiger partial charge in [-0.05, 0) is 44.9 Å². The van der Waals surface area contributed by atoms with Crippen LogP contribution in [0, 0.1) is 5.92 Å². The maximum Gasteiger partial charge on any atom is 0.305 e. The predicted molar refractivity (Wildman–Crippen MR) is 119 cm³/mol. The van der Waals surface area contributed by atoms with Gasteiger partial charge in [0.25, 0.3) is 0 Å². The summed E-state index contributed by atoms with van der Waals surface area (Å²) in [6, 6.07) is -0.148. The third-order valence-corrected chi connectivity index (χ3v) is 6.39. The number of hydrogen-bond donors (Lipinski definition) is 2. The van der Waals surface area contributed by atoms with E-state index in [-0.39, 0.29) is 43.5 Å². The van der Waals surface area contributed by atoms with Crippen LogP contribution in [0.2, 0.25) is 0 Å². The summed E-state index contributed by atoms with van der Waals surface area (Å²) < 4.78 is 5.40. The zero-order chi connectivity index (χ0) is 22.7. The number of ether oxygens (including phenoxy) is 1. The molecule has 0 aromatic rings. The molecule has 0 aromatic heterocycles. The number of rotatable bonds is 13. The van der Waals surface area contributed by atoms with Crippen LogP contribution in [0.3, 0.4) is 0 Å². The van der Waals surface area contributed by atoms with E-state index in [4.69, 9.17) is 4.74 Å². The summed E-state index contributed by atoms with van der Waals surface area (Å²) in [5, 5.41) is 12.7. The molecule has 0 spiro atoms. The van der Waals surface area contributed by atoms with E-state index in [2.05, 4.69) is 18.5 Å². The van der Waals surface area contributed by atoms with Crippen molar-refractivity contribution in [2.24, 2.45) is 5.92 Å². The van der Waals surface area contributed by atoms with E-state index < -0.39 is 11.5 Å². The third-order valence-electron chi connectivity index (χ3n) is 6.39. The van der Waals surface area contributed by atoms with Crippen molar-refractivity contribution in [3.05, 3.63) is 25.3 Å². The van der Waals surface area contributed by atoms with E-state index in [1.165, 1.54) is 0 Å². The van der Waals surface area contributed by atoms with Gasteiger partial charge in [0, 0.05) is 19.4 Å². The van der Waals surface area contributed by atoms with Gasteiger partial charge in [-0.15, -0.1) is 13.2 Å². The molecule has 0 radical (unpaired) electrons. The van der Waals surface area contributed by atoms with Crippen LogP contribution in [0.15, 0.2) is 25.3 Å². The van der Waals surface area contributed by atoms with Crippen molar-refractivity contribution >= 4 is 17.8 Å². The smallest absolute Gasteiger partial charge is 0.305 e. The lowest BCUT2D eigenvalue weighted by atomic mass is 9.95. The Morgan fingerprint density at radius 2 is 1.94 bits per heavy atom. The Bertz CT molecular complexity index is 642. The lowest BCUT2D eigenvalue weighted by Crippen LogP contribution is -2.50. The second kappa shape index (κ2) is 12.6. The molecular formula is C24H38N2O5. The highest BCUT2D eigenvalue weighted by atomic mass is 16.5. The first kappa shape index (κ1) is 25.1. The van der Waals surface area contributed by atoms with Crippen molar-refractivity contribution in [2.45, 2.75) is 82.2 Å². The maximum atomic E-state index is 13.2. The van der Waals surface area contributed by atoms with E-state index >= 15 is 0 Å². The van der Waals surface area contributed by atoms with E-state index in [0.29, 0.717) is 25.8 Å². The Kier molecular flexibility index (Phi) is 10.2. The summed E-state index contributed by atoms with van der Waals surface area (Å²) in [5.41, 5.74) is -0.547. The van der Waals surface area contributed by atoms with E-state index in [1.54, 1.807) is 17.1 Å². The van der Waals surface area contributed by atoms with Crippen LogP contribution in [-0.4, -0.2) is 59.1 Å². The Labute approximate surface area is 185 Å². The van der Waals surface area contributed by atoms with Crippen LogP contribution in [0.5, 0.6) is 0 Å². The molecule has 7 nitrogen and oxygen atoms in total. The van der Waals surface area contributed by atoms with Crippen LogP contribution in [0.25, 0.3) is 0 Å². The first-order valence-corrected chi connectivity index (χ1v) is 11.5. The molecule has 7 heteroatoms. The second-order valence-corrected chi connectivity index (χ2v) is 8.81. The molecule has 2 aliphatic rings. The van der Waals surface area contributed by atoms with Crippen LogP contribution in [0.4, 0.5) is 0 Å². The standard InChI is InChI=1S/C24H38N2O5/c1-3-5-6-12-22(29)31-17-20-11-9-15-26(20)23(30)19(10-4-2)16-21(28)25-24(18-27)13-7-8-14-24/h3-4,19-20,27H,1-2,5-18H2,(H,25,28). The Morgan fingerprint density at radius 1 is 1.19 bits per heavy atom. The van der Waals surface area contributed by atoms with E-state index in [9.17, 15) is 19.5 Å². The van der Waals surface area contributed by atoms with Crippen molar-refractivity contribution in [1.29, 1.82) is 0 Å². The molecule has 31 heavy (non-hydrogen) atoms. The van der Waals surface area contributed by atoms with Gasteiger partial charge in [-0.2, -0.15) is 0 Å². The quantitative estimate of drug-likeness (QED) is 0.264. The minimum Gasteiger partial charge on any atom is -0.463 e. The first-order chi connectivity index (χ1) is 14.9. The van der Waals surface area contributed by atoms with Gasteiger partial charge < -0.3 is 20.1 Å². The van der Waals surface area contributed by atoms with Gasteiger partial charge >= 0.3 is 5.97 Å². The van der Waals surface area contributed by atoms with Crippen LogP contribution < -0.4 is 5.32 Å². The molecule has 1 saturated heterocycles. The van der Waals surface area contributed by atoms with Crippen molar-refractivity contribution in [3.8, 4) is 0 Å². The van der Waals surface area contributed by atoms with E-state index in [0.717, 1.165) is 44.9 Å². The Morgan fingerprint density at radius 3 is 2.58 bits per heavy atom. The fourth-order valence-corrected chi connectivity index (χ4v) is 4.60.